The number of rotatable bonds is 10. The highest BCUT2D eigenvalue weighted by atomic mass is 16.5. The van der Waals surface area contributed by atoms with Gasteiger partial charge in [0, 0.05) is 18.8 Å². The van der Waals surface area contributed by atoms with Gasteiger partial charge in [-0.25, -0.2) is 0 Å². The number of ketones is 1. The molecule has 1 aliphatic rings. The van der Waals surface area contributed by atoms with Gasteiger partial charge in [-0.1, -0.05) is 31.4 Å². The number of unbranched alkanes of at least 4 members (excludes halogenated alkanes) is 3. The molecular weight excluding hydrogens is 280 g/mol. The molecule has 22 heavy (non-hydrogen) atoms. The van der Waals surface area contributed by atoms with Crippen molar-refractivity contribution in [2.24, 2.45) is 11.8 Å². The molecule has 1 rings (SSSR count). The fraction of sp³-hybridized carbons (Fsp3) is 0.778. The molecule has 0 amide bonds. The summed E-state index contributed by atoms with van der Waals surface area (Å²) in [5, 5.41) is 9.31. The van der Waals surface area contributed by atoms with Crippen molar-refractivity contribution in [3.05, 3.63) is 12.2 Å². The number of carbonyl (C=O) groups excluding carboxylic acids is 2. The standard InChI is InChI=1S/C18H30O4/c1-3-22-18(21)9-7-5-4-6-8-16-15(11-10-14(2)19)12-13-17(16)20/h10-11,14-16,19H,3-9,12-13H2,1-2H3/b11-10+/t14?,15-,16-/m0/s1. The molecule has 0 aromatic rings. The molecule has 1 N–H and O–H groups in total. The van der Waals surface area contributed by atoms with E-state index < -0.39 is 6.10 Å². The van der Waals surface area contributed by atoms with Crippen LogP contribution in [-0.4, -0.2) is 29.6 Å². The highest BCUT2D eigenvalue weighted by Crippen LogP contribution is 2.33. The van der Waals surface area contributed by atoms with Gasteiger partial charge in [0.15, 0.2) is 0 Å². The Morgan fingerprint density at radius 3 is 2.77 bits per heavy atom. The summed E-state index contributed by atoms with van der Waals surface area (Å²) >= 11 is 0. The molecule has 3 atom stereocenters. The van der Waals surface area contributed by atoms with Crippen molar-refractivity contribution in [1.82, 2.24) is 0 Å². The third-order valence-electron chi connectivity index (χ3n) is 4.24. The third-order valence-corrected chi connectivity index (χ3v) is 4.24. The zero-order valence-electron chi connectivity index (χ0n) is 13.9. The summed E-state index contributed by atoms with van der Waals surface area (Å²) in [4.78, 5) is 23.2. The average molecular weight is 310 g/mol. The van der Waals surface area contributed by atoms with E-state index in [0.29, 0.717) is 31.1 Å². The maximum atomic E-state index is 12.0. The van der Waals surface area contributed by atoms with Gasteiger partial charge in [0.05, 0.1) is 12.7 Å². The molecule has 126 valence electrons. The number of carbonyl (C=O) groups is 2. The first-order valence-corrected chi connectivity index (χ1v) is 8.59. The lowest BCUT2D eigenvalue weighted by molar-refractivity contribution is -0.143. The number of ether oxygens (including phenoxy) is 1. The van der Waals surface area contributed by atoms with Crippen LogP contribution in [0.15, 0.2) is 12.2 Å². The highest BCUT2D eigenvalue weighted by Gasteiger charge is 2.32. The highest BCUT2D eigenvalue weighted by molar-refractivity contribution is 5.83. The van der Waals surface area contributed by atoms with E-state index in [4.69, 9.17) is 4.74 Å². The molecule has 0 radical (unpaired) electrons. The zero-order valence-corrected chi connectivity index (χ0v) is 13.9. The van der Waals surface area contributed by atoms with E-state index in [2.05, 4.69) is 0 Å². The van der Waals surface area contributed by atoms with Crippen LogP contribution in [0, 0.1) is 11.8 Å². The molecule has 4 nitrogen and oxygen atoms in total. The van der Waals surface area contributed by atoms with E-state index in [0.717, 1.165) is 38.5 Å². The van der Waals surface area contributed by atoms with Gasteiger partial charge in [0.2, 0.25) is 0 Å². The van der Waals surface area contributed by atoms with E-state index in [9.17, 15) is 14.7 Å². The van der Waals surface area contributed by atoms with Gasteiger partial charge >= 0.3 is 5.97 Å². The molecule has 0 heterocycles. The number of aliphatic hydroxyl groups excluding tert-OH is 1. The van der Waals surface area contributed by atoms with Crippen molar-refractivity contribution in [3.8, 4) is 0 Å². The van der Waals surface area contributed by atoms with E-state index in [-0.39, 0.29) is 11.9 Å². The van der Waals surface area contributed by atoms with Crippen LogP contribution in [0.5, 0.6) is 0 Å². The summed E-state index contributed by atoms with van der Waals surface area (Å²) < 4.78 is 4.89. The summed E-state index contributed by atoms with van der Waals surface area (Å²) in [7, 11) is 0. The first-order chi connectivity index (χ1) is 10.5. The quantitative estimate of drug-likeness (QED) is 0.381. The van der Waals surface area contributed by atoms with Crippen LogP contribution in [0.25, 0.3) is 0 Å². The molecule has 0 aliphatic heterocycles. The fourth-order valence-corrected chi connectivity index (χ4v) is 3.06. The van der Waals surface area contributed by atoms with Crippen molar-refractivity contribution in [2.45, 2.75) is 71.3 Å². The second kappa shape index (κ2) is 10.5. The lowest BCUT2D eigenvalue weighted by Crippen LogP contribution is -2.13. The molecule has 0 aromatic carbocycles. The number of allylic oxidation sites excluding steroid dienone is 1. The summed E-state index contributed by atoms with van der Waals surface area (Å²) in [6.45, 7) is 3.99. The molecule has 0 spiro atoms. The minimum atomic E-state index is -0.445. The van der Waals surface area contributed by atoms with Crippen molar-refractivity contribution < 1.29 is 19.4 Å². The van der Waals surface area contributed by atoms with Crippen LogP contribution in [0.4, 0.5) is 0 Å². The summed E-state index contributed by atoms with van der Waals surface area (Å²) in [6, 6.07) is 0. The maximum Gasteiger partial charge on any atom is 0.305 e. The van der Waals surface area contributed by atoms with E-state index >= 15 is 0 Å². The lowest BCUT2D eigenvalue weighted by Gasteiger charge is -2.15. The average Bonchev–Trinajstić information content (AvgIpc) is 2.81. The monoisotopic (exact) mass is 310 g/mol. The molecule has 1 aliphatic carbocycles. The van der Waals surface area contributed by atoms with Gasteiger partial charge in [-0.3, -0.25) is 9.59 Å². The predicted octanol–water partition coefficient (Wildman–Crippen LogP) is 3.42. The number of hydrogen-bond acceptors (Lipinski definition) is 4. The summed E-state index contributed by atoms with van der Waals surface area (Å²) in [6.07, 6.45) is 10.3. The largest absolute Gasteiger partial charge is 0.466 e. The van der Waals surface area contributed by atoms with E-state index in [1.807, 2.05) is 13.0 Å². The molecule has 0 bridgehead atoms. The van der Waals surface area contributed by atoms with Crippen molar-refractivity contribution in [3.63, 3.8) is 0 Å². The fourth-order valence-electron chi connectivity index (χ4n) is 3.06. The van der Waals surface area contributed by atoms with Crippen LogP contribution in [-0.2, 0) is 14.3 Å². The van der Waals surface area contributed by atoms with Gasteiger partial charge in [-0.15, -0.1) is 0 Å². The topological polar surface area (TPSA) is 63.6 Å². The predicted molar refractivity (Wildman–Crippen MR) is 86.4 cm³/mol. The molecule has 1 saturated carbocycles. The van der Waals surface area contributed by atoms with Crippen LogP contribution >= 0.6 is 0 Å². The van der Waals surface area contributed by atoms with Crippen molar-refractivity contribution in [1.29, 1.82) is 0 Å². The number of aliphatic hydroxyl groups is 1. The third kappa shape index (κ3) is 7.21. The Balaban J connectivity index is 2.19. The number of hydrogen-bond donors (Lipinski definition) is 1. The van der Waals surface area contributed by atoms with Gasteiger partial charge in [0.25, 0.3) is 0 Å². The van der Waals surface area contributed by atoms with Gasteiger partial charge < -0.3 is 9.84 Å². The Bertz CT molecular complexity index is 373. The summed E-state index contributed by atoms with van der Waals surface area (Å²) in [5.74, 6) is 0.672. The Morgan fingerprint density at radius 1 is 1.36 bits per heavy atom. The smallest absolute Gasteiger partial charge is 0.305 e. The Labute approximate surface area is 133 Å². The minimum absolute atomic E-state index is 0.114. The van der Waals surface area contributed by atoms with Crippen LogP contribution < -0.4 is 0 Å². The molecule has 1 fully saturated rings. The Hall–Kier alpha value is -1.16. The van der Waals surface area contributed by atoms with Crippen molar-refractivity contribution >= 4 is 11.8 Å². The second-order valence-electron chi connectivity index (χ2n) is 6.16. The number of esters is 1. The molecule has 0 aromatic heterocycles. The minimum Gasteiger partial charge on any atom is -0.466 e. The summed E-state index contributed by atoms with van der Waals surface area (Å²) in [5.41, 5.74) is 0. The SMILES string of the molecule is CCOC(=O)CCCCCC[C@@H]1C(=O)CC[C@@H]1/C=C/C(C)O. The van der Waals surface area contributed by atoms with Crippen LogP contribution in [0.1, 0.15) is 65.2 Å². The molecule has 1 unspecified atom stereocenters. The lowest BCUT2D eigenvalue weighted by atomic mass is 9.89. The molecular formula is C18H30O4. The van der Waals surface area contributed by atoms with Gasteiger partial charge in [-0.05, 0) is 39.0 Å². The first-order valence-electron chi connectivity index (χ1n) is 8.59. The maximum absolute atomic E-state index is 12.0. The Morgan fingerprint density at radius 2 is 2.09 bits per heavy atom. The van der Waals surface area contributed by atoms with Crippen LogP contribution in [0.2, 0.25) is 0 Å². The molecule has 0 saturated heterocycles. The van der Waals surface area contributed by atoms with Crippen molar-refractivity contribution in [2.75, 3.05) is 6.61 Å². The van der Waals surface area contributed by atoms with E-state index in [1.165, 1.54) is 0 Å². The van der Waals surface area contributed by atoms with Gasteiger partial charge in [0.1, 0.15) is 5.78 Å². The van der Waals surface area contributed by atoms with E-state index in [1.54, 1.807) is 13.0 Å². The number of Topliss-reactive ketones (excluding diaryl/α,β-unsaturated/α-hetero) is 1. The zero-order chi connectivity index (χ0) is 16.4. The van der Waals surface area contributed by atoms with Crippen LogP contribution in [0.3, 0.4) is 0 Å². The second-order valence-corrected chi connectivity index (χ2v) is 6.16. The molecule has 4 heteroatoms. The normalized spacial score (nSPS) is 23.1. The Kier molecular flexibility index (Phi) is 9.05. The van der Waals surface area contributed by atoms with Gasteiger partial charge in [-0.2, -0.15) is 0 Å². The first kappa shape index (κ1) is 18.9.